The predicted octanol–water partition coefficient (Wildman–Crippen LogP) is 3.43. The molecule has 1 aliphatic heterocycles. The summed E-state index contributed by atoms with van der Waals surface area (Å²) in [6, 6.07) is 5.97. The van der Waals surface area contributed by atoms with Crippen molar-refractivity contribution in [3.8, 4) is 0 Å². The minimum Gasteiger partial charge on any atom is -0.378 e. The first-order valence-electron chi connectivity index (χ1n) is 8.49. The normalized spacial score (nSPS) is 21.2. The zero-order valence-corrected chi connectivity index (χ0v) is 14.3. The number of thiazole rings is 1. The summed E-state index contributed by atoms with van der Waals surface area (Å²) in [6.45, 7) is 3.29. The van der Waals surface area contributed by atoms with Gasteiger partial charge in [0.05, 0.1) is 23.4 Å². The maximum Gasteiger partial charge on any atom is 0.227 e. The number of nitrogens with zero attached hydrogens (tertiary/aromatic N) is 2. The lowest BCUT2D eigenvalue weighted by Crippen LogP contribution is -2.36. The summed E-state index contributed by atoms with van der Waals surface area (Å²) in [5, 5.41) is 4.10. The van der Waals surface area contributed by atoms with Gasteiger partial charge in [0, 0.05) is 24.7 Å². The fraction of sp³-hybridized carbons (Fsp3) is 0.444. The molecule has 4 rings (SSSR count). The first-order chi connectivity index (χ1) is 11.8. The number of benzene rings is 1. The van der Waals surface area contributed by atoms with Crippen molar-refractivity contribution in [2.45, 2.75) is 19.3 Å². The van der Waals surface area contributed by atoms with Crippen molar-refractivity contribution >= 4 is 38.3 Å². The highest BCUT2D eigenvalue weighted by atomic mass is 32.1. The molecule has 1 amide bonds. The van der Waals surface area contributed by atoms with Crippen LogP contribution in [-0.4, -0.2) is 37.2 Å². The van der Waals surface area contributed by atoms with Crippen LogP contribution in [-0.2, 0) is 9.53 Å². The fourth-order valence-electron chi connectivity index (χ4n) is 3.16. The number of hydrogen-bond donors (Lipinski definition) is 1. The van der Waals surface area contributed by atoms with Gasteiger partial charge in [-0.3, -0.25) is 4.79 Å². The van der Waals surface area contributed by atoms with E-state index in [9.17, 15) is 4.79 Å². The van der Waals surface area contributed by atoms with Crippen LogP contribution in [0, 0.1) is 5.92 Å². The van der Waals surface area contributed by atoms with Crippen LogP contribution in [0.4, 0.5) is 10.8 Å². The largest absolute Gasteiger partial charge is 0.378 e. The zero-order chi connectivity index (χ0) is 16.4. The van der Waals surface area contributed by atoms with Gasteiger partial charge < -0.3 is 15.0 Å². The van der Waals surface area contributed by atoms with Crippen LogP contribution in [0.1, 0.15) is 19.3 Å². The molecule has 1 fully saturated rings. The van der Waals surface area contributed by atoms with Crippen molar-refractivity contribution in [2.24, 2.45) is 5.92 Å². The highest BCUT2D eigenvalue weighted by Crippen LogP contribution is 2.31. The lowest BCUT2D eigenvalue weighted by Gasteiger charge is -2.25. The summed E-state index contributed by atoms with van der Waals surface area (Å²) < 4.78 is 6.51. The smallest absolute Gasteiger partial charge is 0.227 e. The Kier molecular flexibility index (Phi) is 4.49. The molecule has 1 saturated heterocycles. The molecule has 2 heterocycles. The van der Waals surface area contributed by atoms with Crippen molar-refractivity contribution in [3.05, 3.63) is 30.4 Å². The van der Waals surface area contributed by atoms with Crippen molar-refractivity contribution < 1.29 is 9.53 Å². The van der Waals surface area contributed by atoms with Crippen molar-refractivity contribution in [2.75, 3.05) is 36.5 Å². The molecule has 126 valence electrons. The summed E-state index contributed by atoms with van der Waals surface area (Å²) >= 11 is 1.68. The molecule has 24 heavy (non-hydrogen) atoms. The Balaban J connectivity index is 1.50. The molecule has 1 N–H and O–H groups in total. The molecule has 0 bridgehead atoms. The molecule has 0 spiro atoms. The van der Waals surface area contributed by atoms with Gasteiger partial charge in [0.1, 0.15) is 0 Å². The third-order valence-corrected chi connectivity index (χ3v) is 5.65. The van der Waals surface area contributed by atoms with Gasteiger partial charge in [-0.2, -0.15) is 0 Å². The lowest BCUT2D eigenvalue weighted by molar-refractivity contribution is -0.120. The van der Waals surface area contributed by atoms with E-state index in [1.54, 1.807) is 11.3 Å². The van der Waals surface area contributed by atoms with Gasteiger partial charge >= 0.3 is 0 Å². The number of fused-ring (bicyclic) bond motifs is 1. The number of anilines is 2. The van der Waals surface area contributed by atoms with E-state index in [1.807, 2.05) is 18.2 Å². The lowest BCUT2D eigenvalue weighted by atomic mass is 9.93. The van der Waals surface area contributed by atoms with Crippen molar-refractivity contribution in [1.29, 1.82) is 0 Å². The van der Waals surface area contributed by atoms with Crippen LogP contribution in [0.2, 0.25) is 0 Å². The summed E-state index contributed by atoms with van der Waals surface area (Å²) in [7, 11) is 0. The summed E-state index contributed by atoms with van der Waals surface area (Å²) in [5.74, 6) is 0.215. The number of amides is 1. The Labute approximate surface area is 145 Å². The van der Waals surface area contributed by atoms with Gasteiger partial charge in [-0.15, -0.1) is 0 Å². The minimum absolute atomic E-state index is 0.0936. The summed E-state index contributed by atoms with van der Waals surface area (Å²) in [4.78, 5) is 19.4. The number of aromatic nitrogens is 1. The number of morpholine rings is 1. The van der Waals surface area contributed by atoms with E-state index in [2.05, 4.69) is 22.4 Å². The molecule has 5 nitrogen and oxygen atoms in total. The Hall–Kier alpha value is -1.92. The van der Waals surface area contributed by atoms with E-state index in [0.29, 0.717) is 0 Å². The van der Waals surface area contributed by atoms with E-state index in [0.717, 1.165) is 66.6 Å². The number of ether oxygens (including phenoxy) is 1. The van der Waals surface area contributed by atoms with Crippen molar-refractivity contribution in [3.63, 3.8) is 0 Å². The maximum absolute atomic E-state index is 12.4. The number of rotatable bonds is 3. The Morgan fingerprint density at radius 3 is 2.96 bits per heavy atom. The molecular formula is C18H21N3O2S. The SMILES string of the molecule is O=C(Nc1ccc2nc(N3CCOCC3)sc2c1)C1CC=CCC1. The standard InChI is InChI=1S/C18H21N3O2S/c22-17(13-4-2-1-3-5-13)19-14-6-7-15-16(12-14)24-18(20-15)21-8-10-23-11-9-21/h1-2,6-7,12-13H,3-5,8-11H2,(H,19,22). The van der Waals surface area contributed by atoms with Crippen LogP contribution < -0.4 is 10.2 Å². The average molecular weight is 343 g/mol. The minimum atomic E-state index is 0.0936. The Bertz CT molecular complexity index is 765. The van der Waals surface area contributed by atoms with Gasteiger partial charge in [-0.05, 0) is 37.5 Å². The van der Waals surface area contributed by atoms with Crippen LogP contribution in [0.5, 0.6) is 0 Å². The van der Waals surface area contributed by atoms with Crippen LogP contribution >= 0.6 is 11.3 Å². The average Bonchev–Trinajstić information content (AvgIpc) is 3.06. The zero-order valence-electron chi connectivity index (χ0n) is 13.5. The topological polar surface area (TPSA) is 54.5 Å². The maximum atomic E-state index is 12.4. The molecular weight excluding hydrogens is 322 g/mol. The molecule has 2 aromatic rings. The van der Waals surface area contributed by atoms with E-state index >= 15 is 0 Å². The Morgan fingerprint density at radius 2 is 2.17 bits per heavy atom. The number of carbonyl (C=O) groups excluding carboxylic acids is 1. The first-order valence-corrected chi connectivity index (χ1v) is 9.30. The Morgan fingerprint density at radius 1 is 1.29 bits per heavy atom. The second kappa shape index (κ2) is 6.91. The summed E-state index contributed by atoms with van der Waals surface area (Å²) in [5.41, 5.74) is 1.85. The number of carbonyl (C=O) groups is 1. The first kappa shape index (κ1) is 15.6. The molecule has 1 aromatic heterocycles. The molecule has 2 aliphatic rings. The van der Waals surface area contributed by atoms with Crippen LogP contribution in [0.3, 0.4) is 0 Å². The molecule has 0 radical (unpaired) electrons. The number of hydrogen-bond acceptors (Lipinski definition) is 5. The third-order valence-electron chi connectivity index (χ3n) is 4.57. The highest BCUT2D eigenvalue weighted by Gasteiger charge is 2.19. The quantitative estimate of drug-likeness (QED) is 0.868. The molecule has 1 unspecified atom stereocenters. The second-order valence-electron chi connectivity index (χ2n) is 6.25. The highest BCUT2D eigenvalue weighted by molar-refractivity contribution is 7.22. The van der Waals surface area contributed by atoms with Crippen LogP contribution in [0.25, 0.3) is 10.2 Å². The molecule has 1 aliphatic carbocycles. The van der Waals surface area contributed by atoms with Gasteiger partial charge in [-0.25, -0.2) is 4.98 Å². The van der Waals surface area contributed by atoms with Gasteiger partial charge in [0.25, 0.3) is 0 Å². The molecule has 1 aromatic carbocycles. The van der Waals surface area contributed by atoms with Gasteiger partial charge in [0.2, 0.25) is 5.91 Å². The summed E-state index contributed by atoms with van der Waals surface area (Å²) in [6.07, 6.45) is 7.03. The second-order valence-corrected chi connectivity index (χ2v) is 7.26. The van der Waals surface area contributed by atoms with Crippen molar-refractivity contribution in [1.82, 2.24) is 4.98 Å². The van der Waals surface area contributed by atoms with Crippen LogP contribution in [0.15, 0.2) is 30.4 Å². The van der Waals surface area contributed by atoms with Gasteiger partial charge in [-0.1, -0.05) is 23.5 Å². The molecule has 6 heteroatoms. The van der Waals surface area contributed by atoms with E-state index in [4.69, 9.17) is 9.72 Å². The van der Waals surface area contributed by atoms with E-state index in [1.165, 1.54) is 0 Å². The van der Waals surface area contributed by atoms with Gasteiger partial charge in [0.15, 0.2) is 5.13 Å². The fourth-order valence-corrected chi connectivity index (χ4v) is 4.21. The number of nitrogens with one attached hydrogen (secondary N) is 1. The number of allylic oxidation sites excluding steroid dienone is 2. The predicted molar refractivity (Wildman–Crippen MR) is 97.8 cm³/mol. The van der Waals surface area contributed by atoms with E-state index < -0.39 is 0 Å². The van der Waals surface area contributed by atoms with E-state index in [-0.39, 0.29) is 11.8 Å². The monoisotopic (exact) mass is 343 g/mol. The third kappa shape index (κ3) is 3.30. The molecule has 1 atom stereocenters. The molecule has 0 saturated carbocycles.